The van der Waals surface area contributed by atoms with Gasteiger partial charge in [-0.2, -0.15) is 4.98 Å². The maximum absolute atomic E-state index is 10.9. The summed E-state index contributed by atoms with van der Waals surface area (Å²) in [4.78, 5) is 15.0. The summed E-state index contributed by atoms with van der Waals surface area (Å²) in [5.41, 5.74) is 0.863. The van der Waals surface area contributed by atoms with Gasteiger partial charge in [0.2, 0.25) is 11.7 Å². The number of benzene rings is 1. The second-order valence-corrected chi connectivity index (χ2v) is 4.31. The number of carbonyl (C=O) groups excluding carboxylic acids is 1. The van der Waals surface area contributed by atoms with Crippen LogP contribution in [0.5, 0.6) is 0 Å². The third-order valence-electron chi connectivity index (χ3n) is 1.97. The number of hydrogen-bond acceptors (Lipinski definition) is 4. The van der Waals surface area contributed by atoms with Crippen molar-refractivity contribution in [3.8, 4) is 11.4 Å². The lowest BCUT2D eigenvalue weighted by Gasteiger charge is -1.93. The van der Waals surface area contributed by atoms with Crippen molar-refractivity contribution in [2.24, 2.45) is 0 Å². The van der Waals surface area contributed by atoms with Gasteiger partial charge in [0.25, 0.3) is 0 Å². The number of rotatable bonds is 3. The molecule has 4 nitrogen and oxygen atoms in total. The zero-order valence-electron chi connectivity index (χ0n) is 8.61. The molecule has 0 bridgehead atoms. The van der Waals surface area contributed by atoms with Gasteiger partial charge in [-0.3, -0.25) is 4.79 Å². The molecule has 0 radical (unpaired) electrons. The quantitative estimate of drug-likeness (QED) is 0.867. The molecule has 0 atom stereocenters. The monoisotopic (exact) mass is 280 g/mol. The highest BCUT2D eigenvalue weighted by Gasteiger charge is 2.09. The second-order valence-electron chi connectivity index (χ2n) is 3.40. The lowest BCUT2D eigenvalue weighted by atomic mass is 10.2. The first-order chi connectivity index (χ1) is 7.65. The van der Waals surface area contributed by atoms with E-state index in [1.807, 2.05) is 24.3 Å². The molecule has 1 aromatic carbocycles. The van der Waals surface area contributed by atoms with E-state index in [2.05, 4.69) is 26.1 Å². The molecular formula is C11H9BrN2O2. The summed E-state index contributed by atoms with van der Waals surface area (Å²) >= 11 is 3.35. The standard InChI is InChI=1S/C11H9BrN2O2/c1-7(15)6-10-13-11(14-16-10)8-2-4-9(12)5-3-8/h2-5H,6H2,1H3. The largest absolute Gasteiger partial charge is 0.339 e. The zero-order valence-corrected chi connectivity index (χ0v) is 10.2. The fourth-order valence-electron chi connectivity index (χ4n) is 1.26. The van der Waals surface area contributed by atoms with Crippen LogP contribution in [0.2, 0.25) is 0 Å². The fraction of sp³-hybridized carbons (Fsp3) is 0.182. The Bertz CT molecular complexity index is 505. The number of aromatic nitrogens is 2. The third-order valence-corrected chi connectivity index (χ3v) is 2.50. The Morgan fingerprint density at radius 1 is 1.38 bits per heavy atom. The average molecular weight is 281 g/mol. The molecule has 0 unspecified atom stereocenters. The fourth-order valence-corrected chi connectivity index (χ4v) is 1.52. The summed E-state index contributed by atoms with van der Waals surface area (Å²) in [5, 5.41) is 3.82. The molecule has 1 aromatic heterocycles. The van der Waals surface area contributed by atoms with E-state index in [1.54, 1.807) is 0 Å². The van der Waals surface area contributed by atoms with E-state index in [0.717, 1.165) is 10.0 Å². The minimum absolute atomic E-state index is 0.00556. The molecule has 0 saturated heterocycles. The van der Waals surface area contributed by atoms with E-state index in [1.165, 1.54) is 6.92 Å². The van der Waals surface area contributed by atoms with Crippen molar-refractivity contribution < 1.29 is 9.32 Å². The number of ketones is 1. The summed E-state index contributed by atoms with van der Waals surface area (Å²) in [7, 11) is 0. The average Bonchev–Trinajstić information content (AvgIpc) is 2.66. The summed E-state index contributed by atoms with van der Waals surface area (Å²) < 4.78 is 5.96. The van der Waals surface area contributed by atoms with Gasteiger partial charge in [0.1, 0.15) is 5.78 Å². The molecule has 0 fully saturated rings. The zero-order chi connectivity index (χ0) is 11.5. The number of Topliss-reactive ketones (excluding diaryl/α,β-unsaturated/α-hetero) is 1. The smallest absolute Gasteiger partial charge is 0.234 e. The maximum Gasteiger partial charge on any atom is 0.234 e. The van der Waals surface area contributed by atoms with Crippen molar-refractivity contribution >= 4 is 21.7 Å². The summed E-state index contributed by atoms with van der Waals surface area (Å²) in [6.07, 6.45) is 0.184. The van der Waals surface area contributed by atoms with Crippen LogP contribution in [0.1, 0.15) is 12.8 Å². The Balaban J connectivity index is 2.24. The lowest BCUT2D eigenvalue weighted by molar-refractivity contribution is -0.116. The number of halogens is 1. The van der Waals surface area contributed by atoms with Gasteiger partial charge in [-0.05, 0) is 31.2 Å². The van der Waals surface area contributed by atoms with Gasteiger partial charge in [0.05, 0.1) is 6.42 Å². The van der Waals surface area contributed by atoms with Gasteiger partial charge >= 0.3 is 0 Å². The van der Waals surface area contributed by atoms with Crippen LogP contribution < -0.4 is 0 Å². The normalized spacial score (nSPS) is 10.4. The van der Waals surface area contributed by atoms with Gasteiger partial charge in [-0.25, -0.2) is 0 Å². The second kappa shape index (κ2) is 4.57. The van der Waals surface area contributed by atoms with Crippen molar-refractivity contribution in [1.29, 1.82) is 0 Å². The molecule has 0 aliphatic carbocycles. The van der Waals surface area contributed by atoms with E-state index >= 15 is 0 Å². The number of nitrogens with zero attached hydrogens (tertiary/aromatic N) is 2. The molecule has 1 heterocycles. The molecule has 0 amide bonds. The Morgan fingerprint density at radius 2 is 2.06 bits per heavy atom. The van der Waals surface area contributed by atoms with Gasteiger partial charge in [0, 0.05) is 10.0 Å². The van der Waals surface area contributed by atoms with E-state index in [0.29, 0.717) is 11.7 Å². The van der Waals surface area contributed by atoms with Crippen molar-refractivity contribution in [2.75, 3.05) is 0 Å². The Hall–Kier alpha value is -1.49. The molecule has 16 heavy (non-hydrogen) atoms. The van der Waals surface area contributed by atoms with Gasteiger partial charge in [-0.1, -0.05) is 21.1 Å². The molecule has 82 valence electrons. The maximum atomic E-state index is 10.9. The highest BCUT2D eigenvalue weighted by molar-refractivity contribution is 9.10. The summed E-state index contributed by atoms with van der Waals surface area (Å²) in [5.74, 6) is 0.861. The van der Waals surface area contributed by atoms with Crippen LogP contribution in [0.4, 0.5) is 0 Å². The van der Waals surface area contributed by atoms with Crippen LogP contribution in [-0.4, -0.2) is 15.9 Å². The third kappa shape index (κ3) is 2.55. The first-order valence-electron chi connectivity index (χ1n) is 4.73. The number of carbonyl (C=O) groups is 1. The Morgan fingerprint density at radius 3 is 2.69 bits per heavy atom. The van der Waals surface area contributed by atoms with Gasteiger partial charge in [-0.15, -0.1) is 0 Å². The van der Waals surface area contributed by atoms with E-state index < -0.39 is 0 Å². The van der Waals surface area contributed by atoms with Gasteiger partial charge < -0.3 is 4.52 Å². The summed E-state index contributed by atoms with van der Waals surface area (Å²) in [6, 6.07) is 7.56. The highest BCUT2D eigenvalue weighted by atomic mass is 79.9. The van der Waals surface area contributed by atoms with E-state index in [9.17, 15) is 4.79 Å². The van der Waals surface area contributed by atoms with Crippen LogP contribution in [-0.2, 0) is 11.2 Å². The van der Waals surface area contributed by atoms with Crippen molar-refractivity contribution in [3.63, 3.8) is 0 Å². The predicted octanol–water partition coefficient (Wildman–Crippen LogP) is 2.63. The molecular weight excluding hydrogens is 272 g/mol. The van der Waals surface area contributed by atoms with E-state index in [-0.39, 0.29) is 12.2 Å². The molecule has 0 aliphatic rings. The molecule has 0 aliphatic heterocycles. The molecule has 0 saturated carbocycles. The van der Waals surface area contributed by atoms with E-state index in [4.69, 9.17) is 4.52 Å². The molecule has 5 heteroatoms. The van der Waals surface area contributed by atoms with Crippen LogP contribution in [0, 0.1) is 0 Å². The molecule has 2 aromatic rings. The van der Waals surface area contributed by atoms with Gasteiger partial charge in [0.15, 0.2) is 0 Å². The van der Waals surface area contributed by atoms with Crippen molar-refractivity contribution in [2.45, 2.75) is 13.3 Å². The number of hydrogen-bond donors (Lipinski definition) is 0. The van der Waals surface area contributed by atoms with Crippen LogP contribution >= 0.6 is 15.9 Å². The Labute approximate surface area is 101 Å². The SMILES string of the molecule is CC(=O)Cc1nc(-c2ccc(Br)cc2)no1. The summed E-state index contributed by atoms with van der Waals surface area (Å²) in [6.45, 7) is 1.49. The minimum atomic E-state index is 0.00556. The predicted molar refractivity (Wildman–Crippen MR) is 61.8 cm³/mol. The molecule has 0 spiro atoms. The Kier molecular flexibility index (Phi) is 3.14. The lowest BCUT2D eigenvalue weighted by Crippen LogP contribution is -1.95. The van der Waals surface area contributed by atoms with Crippen LogP contribution in [0.3, 0.4) is 0 Å². The van der Waals surface area contributed by atoms with Crippen LogP contribution in [0.15, 0.2) is 33.3 Å². The minimum Gasteiger partial charge on any atom is -0.339 e. The highest BCUT2D eigenvalue weighted by Crippen LogP contribution is 2.18. The topological polar surface area (TPSA) is 56.0 Å². The first-order valence-corrected chi connectivity index (χ1v) is 5.52. The van der Waals surface area contributed by atoms with Crippen LogP contribution in [0.25, 0.3) is 11.4 Å². The first kappa shape index (κ1) is 11.0. The van der Waals surface area contributed by atoms with Crippen molar-refractivity contribution in [3.05, 3.63) is 34.6 Å². The van der Waals surface area contributed by atoms with Crippen molar-refractivity contribution in [1.82, 2.24) is 10.1 Å². The molecule has 2 rings (SSSR count). The molecule has 0 N–H and O–H groups in total.